The minimum atomic E-state index is -0.397. The summed E-state index contributed by atoms with van der Waals surface area (Å²) < 4.78 is 5.04. The van der Waals surface area contributed by atoms with Crippen LogP contribution in [0, 0.1) is 25.7 Å². The first-order valence-corrected chi connectivity index (χ1v) is 6.01. The van der Waals surface area contributed by atoms with Crippen molar-refractivity contribution in [2.45, 2.75) is 13.8 Å². The maximum atomic E-state index is 12.2. The number of nitrogens with two attached hydrogens (primary N) is 1. The van der Waals surface area contributed by atoms with E-state index in [9.17, 15) is 4.79 Å². The smallest absolute Gasteiger partial charge is 0.277 e. The van der Waals surface area contributed by atoms with Crippen molar-refractivity contribution in [1.82, 2.24) is 10.1 Å². The van der Waals surface area contributed by atoms with E-state index in [2.05, 4.69) is 27.3 Å². The Morgan fingerprint density at radius 1 is 1.50 bits per heavy atom. The lowest BCUT2D eigenvalue weighted by Gasteiger charge is -2.03. The Labute approximate surface area is 116 Å². The van der Waals surface area contributed by atoms with Gasteiger partial charge in [-0.3, -0.25) is 10.1 Å². The van der Waals surface area contributed by atoms with Crippen molar-refractivity contribution in [3.63, 3.8) is 0 Å². The second kappa shape index (κ2) is 5.99. The Morgan fingerprint density at radius 2 is 2.30 bits per heavy atom. The number of amides is 1. The second-order valence-electron chi connectivity index (χ2n) is 4.08. The highest BCUT2D eigenvalue weighted by Crippen LogP contribution is 2.18. The van der Waals surface area contributed by atoms with Gasteiger partial charge in [-0.25, -0.2) is 4.98 Å². The van der Waals surface area contributed by atoms with Gasteiger partial charge < -0.3 is 10.3 Å². The fourth-order valence-corrected chi connectivity index (χ4v) is 1.53. The van der Waals surface area contributed by atoms with Gasteiger partial charge in [0.25, 0.3) is 5.91 Å². The molecule has 20 heavy (non-hydrogen) atoms. The van der Waals surface area contributed by atoms with Gasteiger partial charge in [-0.05, 0) is 26.0 Å². The van der Waals surface area contributed by atoms with E-state index in [4.69, 9.17) is 10.3 Å². The normalized spacial score (nSPS) is 9.75. The summed E-state index contributed by atoms with van der Waals surface area (Å²) in [5.74, 6) is 5.43. The van der Waals surface area contributed by atoms with Crippen molar-refractivity contribution in [3.8, 4) is 11.8 Å². The predicted octanol–water partition coefficient (Wildman–Crippen LogP) is 1.25. The molecule has 6 heteroatoms. The van der Waals surface area contributed by atoms with Crippen LogP contribution in [0.3, 0.4) is 0 Å². The molecule has 0 aliphatic rings. The standard InChI is InChI=1S/C14H14N4O2/c1-9-10(2)18-20-14(9)17-13(19)12-11(5-3-7-15)6-4-8-16-12/h4,6,8H,7,15H2,1-2H3,(H,17,19). The van der Waals surface area contributed by atoms with E-state index in [1.54, 1.807) is 19.1 Å². The number of nitrogens with zero attached hydrogens (tertiary/aromatic N) is 2. The molecule has 0 aromatic carbocycles. The number of carbonyl (C=O) groups excluding carboxylic acids is 1. The second-order valence-corrected chi connectivity index (χ2v) is 4.08. The summed E-state index contributed by atoms with van der Waals surface area (Å²) in [7, 11) is 0. The van der Waals surface area contributed by atoms with Crippen molar-refractivity contribution in [1.29, 1.82) is 0 Å². The number of carbonyl (C=O) groups is 1. The zero-order chi connectivity index (χ0) is 14.5. The maximum Gasteiger partial charge on any atom is 0.277 e. The molecule has 1 amide bonds. The number of aromatic nitrogens is 2. The van der Waals surface area contributed by atoms with Gasteiger partial charge >= 0.3 is 0 Å². The van der Waals surface area contributed by atoms with E-state index in [1.807, 2.05) is 6.92 Å². The summed E-state index contributed by atoms with van der Waals surface area (Å²) in [5.41, 5.74) is 7.58. The largest absolute Gasteiger partial charge is 0.338 e. The van der Waals surface area contributed by atoms with Gasteiger partial charge in [0.15, 0.2) is 0 Å². The van der Waals surface area contributed by atoms with Gasteiger partial charge in [0.2, 0.25) is 5.88 Å². The number of nitrogens with one attached hydrogen (secondary N) is 1. The zero-order valence-corrected chi connectivity index (χ0v) is 11.2. The molecule has 0 spiro atoms. The van der Waals surface area contributed by atoms with Crippen molar-refractivity contribution in [2.75, 3.05) is 11.9 Å². The van der Waals surface area contributed by atoms with Crippen molar-refractivity contribution in [3.05, 3.63) is 40.8 Å². The Morgan fingerprint density at radius 3 is 2.95 bits per heavy atom. The lowest BCUT2D eigenvalue weighted by Crippen LogP contribution is -2.15. The van der Waals surface area contributed by atoms with Crippen LogP contribution in [0.2, 0.25) is 0 Å². The molecule has 0 fully saturated rings. The molecule has 0 unspecified atom stereocenters. The van der Waals surface area contributed by atoms with Gasteiger partial charge in [-0.2, -0.15) is 0 Å². The van der Waals surface area contributed by atoms with E-state index in [0.717, 1.165) is 11.3 Å². The molecule has 0 saturated heterocycles. The number of hydrogen-bond donors (Lipinski definition) is 2. The summed E-state index contributed by atoms with van der Waals surface area (Å²) in [5, 5.41) is 6.41. The Kier molecular flexibility index (Phi) is 4.13. The number of pyridine rings is 1. The molecule has 0 aliphatic carbocycles. The average molecular weight is 270 g/mol. The van der Waals surface area contributed by atoms with Gasteiger partial charge in [0.1, 0.15) is 5.69 Å². The molecule has 0 saturated carbocycles. The summed E-state index contributed by atoms with van der Waals surface area (Å²) in [6, 6.07) is 3.42. The van der Waals surface area contributed by atoms with Crippen LogP contribution in [0.15, 0.2) is 22.9 Å². The van der Waals surface area contributed by atoms with E-state index < -0.39 is 5.91 Å². The fourth-order valence-electron chi connectivity index (χ4n) is 1.53. The predicted molar refractivity (Wildman–Crippen MR) is 74.1 cm³/mol. The third-order valence-electron chi connectivity index (χ3n) is 2.73. The van der Waals surface area contributed by atoms with Crippen LogP contribution in [0.4, 0.5) is 5.88 Å². The molecule has 0 bridgehead atoms. The molecule has 0 radical (unpaired) electrons. The van der Waals surface area contributed by atoms with Gasteiger partial charge in [0.05, 0.1) is 17.8 Å². The molecule has 6 nitrogen and oxygen atoms in total. The minimum absolute atomic E-state index is 0.219. The average Bonchev–Trinajstić information content (AvgIpc) is 2.77. The molecule has 2 rings (SSSR count). The summed E-state index contributed by atoms with van der Waals surface area (Å²) in [6.07, 6.45) is 1.53. The SMILES string of the molecule is Cc1noc(NC(=O)c2ncccc2C#CCN)c1C. The molecular weight excluding hydrogens is 256 g/mol. The van der Waals surface area contributed by atoms with Crippen molar-refractivity contribution >= 4 is 11.8 Å². The monoisotopic (exact) mass is 270 g/mol. The highest BCUT2D eigenvalue weighted by molar-refractivity contribution is 6.04. The van der Waals surface area contributed by atoms with E-state index in [1.165, 1.54) is 6.20 Å². The first-order chi connectivity index (χ1) is 9.63. The molecule has 2 heterocycles. The quantitative estimate of drug-likeness (QED) is 0.801. The first kappa shape index (κ1) is 13.8. The van der Waals surface area contributed by atoms with E-state index in [-0.39, 0.29) is 12.2 Å². The molecule has 3 N–H and O–H groups in total. The molecular formula is C14H14N4O2. The molecule has 0 atom stereocenters. The van der Waals surface area contributed by atoms with Gasteiger partial charge in [0, 0.05) is 11.8 Å². The Hall–Kier alpha value is -2.65. The Balaban J connectivity index is 2.28. The lowest BCUT2D eigenvalue weighted by molar-refractivity contribution is 0.101. The molecule has 102 valence electrons. The van der Waals surface area contributed by atoms with E-state index in [0.29, 0.717) is 11.4 Å². The summed E-state index contributed by atoms with van der Waals surface area (Å²) in [6.45, 7) is 3.83. The van der Waals surface area contributed by atoms with Crippen LogP contribution >= 0.6 is 0 Å². The van der Waals surface area contributed by atoms with Gasteiger partial charge in [-0.15, -0.1) is 0 Å². The van der Waals surface area contributed by atoms with Crippen molar-refractivity contribution in [2.24, 2.45) is 5.73 Å². The van der Waals surface area contributed by atoms with Crippen LogP contribution < -0.4 is 11.1 Å². The number of anilines is 1. The molecule has 2 aromatic rings. The number of hydrogen-bond acceptors (Lipinski definition) is 5. The zero-order valence-electron chi connectivity index (χ0n) is 11.2. The van der Waals surface area contributed by atoms with Crippen LogP contribution in [-0.4, -0.2) is 22.6 Å². The number of aryl methyl sites for hydroxylation is 1. The van der Waals surface area contributed by atoms with Crippen LogP contribution in [0.5, 0.6) is 0 Å². The topological polar surface area (TPSA) is 94.0 Å². The van der Waals surface area contributed by atoms with Gasteiger partial charge in [-0.1, -0.05) is 17.0 Å². The van der Waals surface area contributed by atoms with Crippen LogP contribution in [-0.2, 0) is 0 Å². The lowest BCUT2D eigenvalue weighted by atomic mass is 10.2. The molecule has 0 aliphatic heterocycles. The fraction of sp³-hybridized carbons (Fsp3) is 0.214. The van der Waals surface area contributed by atoms with Crippen molar-refractivity contribution < 1.29 is 9.32 Å². The highest BCUT2D eigenvalue weighted by atomic mass is 16.5. The minimum Gasteiger partial charge on any atom is -0.338 e. The third kappa shape index (κ3) is 2.84. The maximum absolute atomic E-state index is 12.2. The number of rotatable bonds is 2. The van der Waals surface area contributed by atoms with Crippen LogP contribution in [0.25, 0.3) is 0 Å². The summed E-state index contributed by atoms with van der Waals surface area (Å²) >= 11 is 0. The van der Waals surface area contributed by atoms with E-state index >= 15 is 0 Å². The van der Waals surface area contributed by atoms with Crippen LogP contribution in [0.1, 0.15) is 27.3 Å². The third-order valence-corrected chi connectivity index (χ3v) is 2.73. The Bertz CT molecular complexity index is 695. The summed E-state index contributed by atoms with van der Waals surface area (Å²) in [4.78, 5) is 16.2. The first-order valence-electron chi connectivity index (χ1n) is 6.01. The highest BCUT2D eigenvalue weighted by Gasteiger charge is 2.16. The molecule has 2 aromatic heterocycles.